The quantitative estimate of drug-likeness (QED) is 0.629. The second-order valence-electron chi connectivity index (χ2n) is 2.10. The van der Waals surface area contributed by atoms with E-state index in [-0.39, 0.29) is 18.1 Å². The zero-order valence-corrected chi connectivity index (χ0v) is 7.73. The number of thioether (sulfide) groups is 1. The van der Waals surface area contributed by atoms with Crippen molar-refractivity contribution in [2.45, 2.75) is 13.3 Å². The summed E-state index contributed by atoms with van der Waals surface area (Å²) in [4.78, 5) is 20.4. The van der Waals surface area contributed by atoms with Gasteiger partial charge in [-0.1, -0.05) is 11.8 Å². The van der Waals surface area contributed by atoms with Gasteiger partial charge < -0.3 is 9.84 Å². The maximum atomic E-state index is 10.4. The zero-order valence-electron chi connectivity index (χ0n) is 6.91. The van der Waals surface area contributed by atoms with Crippen LogP contribution in [0.25, 0.3) is 0 Å². The van der Waals surface area contributed by atoms with E-state index in [2.05, 4.69) is 0 Å². The van der Waals surface area contributed by atoms with Crippen molar-refractivity contribution in [3.8, 4) is 0 Å². The van der Waals surface area contributed by atoms with Crippen molar-refractivity contribution in [2.24, 2.45) is 0 Å². The number of carbonyl (C=O) groups excluding carboxylic acids is 1. The van der Waals surface area contributed by atoms with Gasteiger partial charge in [-0.2, -0.15) is 0 Å². The van der Waals surface area contributed by atoms with Crippen LogP contribution in [0.5, 0.6) is 0 Å². The van der Waals surface area contributed by atoms with Crippen molar-refractivity contribution in [1.82, 2.24) is 0 Å². The summed E-state index contributed by atoms with van der Waals surface area (Å²) in [7, 11) is 0. The molecule has 0 aliphatic heterocycles. The Labute approximate surface area is 75.3 Å². The van der Waals surface area contributed by atoms with Gasteiger partial charge in [0.25, 0.3) is 0 Å². The van der Waals surface area contributed by atoms with Crippen LogP contribution in [0.1, 0.15) is 13.3 Å². The largest absolute Gasteiger partial charge is 0.481 e. The maximum Gasteiger partial charge on any atom is 0.305 e. The maximum absolute atomic E-state index is 10.4. The van der Waals surface area contributed by atoms with Gasteiger partial charge in [0.15, 0.2) is 5.12 Å². The molecule has 0 aromatic rings. The van der Waals surface area contributed by atoms with Crippen LogP contribution >= 0.6 is 11.8 Å². The molecule has 12 heavy (non-hydrogen) atoms. The summed E-state index contributed by atoms with van der Waals surface area (Å²) in [5.41, 5.74) is 0. The Morgan fingerprint density at radius 1 is 1.42 bits per heavy atom. The minimum atomic E-state index is -0.866. The van der Waals surface area contributed by atoms with Crippen LogP contribution in [0.15, 0.2) is 0 Å². The minimum absolute atomic E-state index is 0.0186. The molecule has 0 atom stereocenters. The molecule has 0 amide bonds. The number of rotatable bonds is 6. The Bertz CT molecular complexity index is 139. The molecule has 0 heterocycles. The standard InChI is InChI=1S/C7H12O4S/c1-6(8)12-5-4-11-3-2-7(9)10/h2-5H2,1H3,(H,9,10). The molecule has 0 saturated carbocycles. The van der Waals surface area contributed by atoms with Crippen molar-refractivity contribution in [3.63, 3.8) is 0 Å². The number of hydrogen-bond acceptors (Lipinski definition) is 4. The van der Waals surface area contributed by atoms with Gasteiger partial charge in [0.2, 0.25) is 0 Å². The van der Waals surface area contributed by atoms with Gasteiger partial charge in [0, 0.05) is 12.7 Å². The second kappa shape index (κ2) is 7.12. The molecule has 0 radical (unpaired) electrons. The number of carboxylic acid groups (broad SMARTS) is 1. The Morgan fingerprint density at radius 2 is 2.08 bits per heavy atom. The van der Waals surface area contributed by atoms with E-state index in [0.717, 1.165) is 0 Å². The fourth-order valence-corrected chi connectivity index (χ4v) is 0.995. The molecule has 0 fully saturated rings. The van der Waals surface area contributed by atoms with Crippen molar-refractivity contribution >= 4 is 22.8 Å². The van der Waals surface area contributed by atoms with Gasteiger partial charge in [0.1, 0.15) is 0 Å². The van der Waals surface area contributed by atoms with Gasteiger partial charge in [-0.25, -0.2) is 0 Å². The summed E-state index contributed by atoms with van der Waals surface area (Å²) in [6.07, 6.45) is 0.0186. The van der Waals surface area contributed by atoms with Crippen LogP contribution in [-0.4, -0.2) is 35.2 Å². The Hall–Kier alpha value is -0.550. The molecular weight excluding hydrogens is 180 g/mol. The summed E-state index contributed by atoms with van der Waals surface area (Å²) in [6.45, 7) is 2.13. The summed E-state index contributed by atoms with van der Waals surface area (Å²) in [6, 6.07) is 0. The fourth-order valence-electron chi connectivity index (χ4n) is 0.506. The monoisotopic (exact) mass is 192 g/mol. The minimum Gasteiger partial charge on any atom is -0.481 e. The van der Waals surface area contributed by atoms with Crippen LogP contribution < -0.4 is 0 Å². The molecule has 0 aliphatic carbocycles. The highest BCUT2D eigenvalue weighted by atomic mass is 32.2. The fraction of sp³-hybridized carbons (Fsp3) is 0.714. The number of ether oxygens (including phenoxy) is 1. The van der Waals surface area contributed by atoms with Crippen molar-refractivity contribution in [1.29, 1.82) is 0 Å². The molecule has 4 nitrogen and oxygen atoms in total. The van der Waals surface area contributed by atoms with E-state index in [1.807, 2.05) is 0 Å². The molecule has 0 unspecified atom stereocenters. The van der Waals surface area contributed by atoms with E-state index in [1.54, 1.807) is 0 Å². The van der Waals surface area contributed by atoms with Gasteiger partial charge in [-0.05, 0) is 0 Å². The van der Waals surface area contributed by atoms with Crippen molar-refractivity contribution < 1.29 is 19.4 Å². The Balaban J connectivity index is 3.01. The van der Waals surface area contributed by atoms with E-state index in [9.17, 15) is 9.59 Å². The van der Waals surface area contributed by atoms with E-state index in [4.69, 9.17) is 9.84 Å². The summed E-state index contributed by atoms with van der Waals surface area (Å²) < 4.78 is 4.94. The number of aliphatic carboxylic acids is 1. The SMILES string of the molecule is CC(=O)SCCOCCC(=O)O. The molecule has 0 aliphatic rings. The van der Waals surface area contributed by atoms with Gasteiger partial charge >= 0.3 is 5.97 Å². The van der Waals surface area contributed by atoms with E-state index < -0.39 is 5.97 Å². The number of carboxylic acids is 1. The molecule has 70 valence electrons. The molecule has 0 rings (SSSR count). The third-order valence-electron chi connectivity index (χ3n) is 0.993. The number of hydrogen-bond donors (Lipinski definition) is 1. The van der Waals surface area contributed by atoms with Crippen LogP contribution in [0.3, 0.4) is 0 Å². The van der Waals surface area contributed by atoms with Crippen LogP contribution in [0.2, 0.25) is 0 Å². The third kappa shape index (κ3) is 9.45. The second-order valence-corrected chi connectivity index (χ2v) is 3.37. The predicted molar refractivity (Wildman–Crippen MR) is 46.2 cm³/mol. The van der Waals surface area contributed by atoms with Crippen LogP contribution in [0.4, 0.5) is 0 Å². The van der Waals surface area contributed by atoms with Crippen LogP contribution in [0, 0.1) is 0 Å². The average Bonchev–Trinajstić information content (AvgIpc) is 1.95. The van der Waals surface area contributed by atoms with Gasteiger partial charge in [0.05, 0.1) is 19.6 Å². The highest BCUT2D eigenvalue weighted by Gasteiger charge is 1.97. The van der Waals surface area contributed by atoms with Crippen molar-refractivity contribution in [2.75, 3.05) is 19.0 Å². The predicted octanol–water partition coefficient (Wildman–Crippen LogP) is 0.757. The summed E-state index contributed by atoms with van der Waals surface area (Å²) in [5, 5.41) is 8.27. The first-order valence-corrected chi connectivity index (χ1v) is 4.54. The third-order valence-corrected chi connectivity index (χ3v) is 1.77. The lowest BCUT2D eigenvalue weighted by molar-refractivity contribution is -0.138. The average molecular weight is 192 g/mol. The van der Waals surface area contributed by atoms with Gasteiger partial charge in [-0.15, -0.1) is 0 Å². The molecule has 5 heteroatoms. The first-order valence-electron chi connectivity index (χ1n) is 3.56. The van der Waals surface area contributed by atoms with E-state index >= 15 is 0 Å². The Kier molecular flexibility index (Phi) is 6.79. The first-order chi connectivity index (χ1) is 5.63. The normalized spacial score (nSPS) is 9.75. The molecule has 0 spiro atoms. The topological polar surface area (TPSA) is 63.6 Å². The van der Waals surface area contributed by atoms with E-state index in [1.165, 1.54) is 18.7 Å². The lowest BCUT2D eigenvalue weighted by Gasteiger charge is -1.99. The van der Waals surface area contributed by atoms with Crippen molar-refractivity contribution in [3.05, 3.63) is 0 Å². The summed E-state index contributed by atoms with van der Waals surface area (Å²) >= 11 is 1.18. The zero-order chi connectivity index (χ0) is 9.40. The number of carbonyl (C=O) groups is 2. The highest BCUT2D eigenvalue weighted by Crippen LogP contribution is 1.99. The molecule has 0 aromatic heterocycles. The molecule has 1 N–H and O–H groups in total. The lowest BCUT2D eigenvalue weighted by atomic mass is 10.5. The smallest absolute Gasteiger partial charge is 0.305 e. The molecule has 0 bridgehead atoms. The molecule has 0 aromatic carbocycles. The first kappa shape index (κ1) is 11.4. The van der Waals surface area contributed by atoms with E-state index in [0.29, 0.717) is 12.4 Å². The van der Waals surface area contributed by atoms with Gasteiger partial charge in [-0.3, -0.25) is 9.59 Å². The molecular formula is C7H12O4S. The lowest BCUT2D eigenvalue weighted by Crippen LogP contribution is -2.05. The highest BCUT2D eigenvalue weighted by molar-refractivity contribution is 8.13. The van der Waals surface area contributed by atoms with Crippen LogP contribution in [-0.2, 0) is 14.3 Å². The molecule has 0 saturated heterocycles. The Morgan fingerprint density at radius 3 is 2.58 bits per heavy atom. The summed E-state index contributed by atoms with van der Waals surface area (Å²) in [5.74, 6) is -0.274.